The van der Waals surface area contributed by atoms with Crippen LogP contribution in [-0.4, -0.2) is 20.5 Å². The molecule has 20 heavy (non-hydrogen) atoms. The van der Waals surface area contributed by atoms with Crippen LogP contribution >= 0.6 is 0 Å². The summed E-state index contributed by atoms with van der Waals surface area (Å²) in [6.07, 6.45) is 0.815. The molecule has 0 radical (unpaired) electrons. The lowest BCUT2D eigenvalue weighted by Crippen LogP contribution is -2.28. The normalized spacial score (nSPS) is 22.2. The average Bonchev–Trinajstić information content (AvgIpc) is 3.02. The molecule has 0 saturated heterocycles. The second kappa shape index (κ2) is 5.79. The van der Waals surface area contributed by atoms with Gasteiger partial charge in [0.25, 0.3) is 0 Å². The maximum Gasteiger partial charge on any atom is 0.243 e. The third-order valence-corrected chi connectivity index (χ3v) is 4.92. The van der Waals surface area contributed by atoms with Gasteiger partial charge in [-0.15, -0.1) is 0 Å². The predicted molar refractivity (Wildman–Crippen MR) is 76.3 cm³/mol. The van der Waals surface area contributed by atoms with E-state index in [4.69, 9.17) is 0 Å². The van der Waals surface area contributed by atoms with E-state index in [2.05, 4.69) is 10.0 Å². The molecule has 0 amide bonds. The van der Waals surface area contributed by atoms with Gasteiger partial charge in [-0.3, -0.25) is 0 Å². The van der Waals surface area contributed by atoms with E-state index < -0.39 is 15.8 Å². The fourth-order valence-electron chi connectivity index (χ4n) is 1.93. The largest absolute Gasteiger partial charge is 0.310 e. The lowest BCUT2D eigenvalue weighted by Gasteiger charge is -2.11. The van der Waals surface area contributed by atoms with Crippen molar-refractivity contribution in [3.05, 3.63) is 29.6 Å². The van der Waals surface area contributed by atoms with Gasteiger partial charge in [0.2, 0.25) is 10.0 Å². The Morgan fingerprint density at radius 1 is 1.40 bits per heavy atom. The van der Waals surface area contributed by atoms with Crippen molar-refractivity contribution in [3.8, 4) is 0 Å². The summed E-state index contributed by atoms with van der Waals surface area (Å²) in [7, 11) is -3.77. The van der Waals surface area contributed by atoms with Crippen LogP contribution < -0.4 is 10.0 Å². The van der Waals surface area contributed by atoms with Gasteiger partial charge in [-0.05, 0) is 30.0 Å². The summed E-state index contributed by atoms with van der Waals surface area (Å²) in [5, 5.41) is 3.18. The Balaban J connectivity index is 2.19. The minimum atomic E-state index is -3.77. The van der Waals surface area contributed by atoms with Crippen molar-refractivity contribution in [1.29, 1.82) is 0 Å². The molecule has 1 aromatic carbocycles. The predicted octanol–water partition coefficient (Wildman–Crippen LogP) is 2.01. The molecule has 2 N–H and O–H groups in total. The molecular formula is C14H21FN2O2S. The maximum absolute atomic E-state index is 13.8. The summed E-state index contributed by atoms with van der Waals surface area (Å²) in [6, 6.07) is 4.44. The number of nitrogens with one attached hydrogen (secondary N) is 2. The number of rotatable bonds is 6. The highest BCUT2D eigenvalue weighted by atomic mass is 32.2. The van der Waals surface area contributed by atoms with Crippen molar-refractivity contribution in [2.75, 3.05) is 0 Å². The molecule has 1 aromatic rings. The van der Waals surface area contributed by atoms with Crippen LogP contribution in [0.15, 0.2) is 23.1 Å². The number of hydrogen-bond donors (Lipinski definition) is 2. The molecule has 2 unspecified atom stereocenters. The lowest BCUT2D eigenvalue weighted by atomic mass is 10.2. The molecule has 1 saturated carbocycles. The van der Waals surface area contributed by atoms with Crippen molar-refractivity contribution >= 4 is 10.0 Å². The SMILES string of the molecule is CC(C)NCc1ccc(F)c(S(=O)(=O)NC2CC2C)c1. The van der Waals surface area contributed by atoms with E-state index in [0.29, 0.717) is 12.5 Å². The summed E-state index contributed by atoms with van der Waals surface area (Å²) in [5.74, 6) is -0.377. The third kappa shape index (κ3) is 3.77. The minimum Gasteiger partial charge on any atom is -0.310 e. The number of sulfonamides is 1. The molecule has 0 bridgehead atoms. The molecule has 1 aliphatic rings. The van der Waals surface area contributed by atoms with Crippen LogP contribution in [0.1, 0.15) is 32.8 Å². The Kier molecular flexibility index (Phi) is 4.46. The Bertz CT molecular complexity index is 587. The van der Waals surface area contributed by atoms with E-state index in [-0.39, 0.29) is 17.0 Å². The van der Waals surface area contributed by atoms with Crippen molar-refractivity contribution in [1.82, 2.24) is 10.0 Å². The minimum absolute atomic E-state index is 0.0585. The molecular weight excluding hydrogens is 279 g/mol. The summed E-state index contributed by atoms with van der Waals surface area (Å²) >= 11 is 0. The third-order valence-electron chi connectivity index (χ3n) is 3.42. The first-order valence-corrected chi connectivity index (χ1v) is 8.32. The highest BCUT2D eigenvalue weighted by Crippen LogP contribution is 2.31. The first kappa shape index (κ1) is 15.4. The van der Waals surface area contributed by atoms with Crippen LogP contribution in [0, 0.1) is 11.7 Å². The smallest absolute Gasteiger partial charge is 0.243 e. The Labute approximate surface area is 119 Å². The van der Waals surface area contributed by atoms with Gasteiger partial charge in [0.05, 0.1) is 0 Å². The van der Waals surface area contributed by atoms with Crippen molar-refractivity contribution in [2.24, 2.45) is 5.92 Å². The van der Waals surface area contributed by atoms with E-state index in [1.807, 2.05) is 20.8 Å². The zero-order valence-electron chi connectivity index (χ0n) is 12.0. The molecule has 0 heterocycles. The first-order valence-electron chi connectivity index (χ1n) is 6.83. The van der Waals surface area contributed by atoms with Crippen LogP contribution in [0.4, 0.5) is 4.39 Å². The molecule has 4 nitrogen and oxygen atoms in total. The van der Waals surface area contributed by atoms with E-state index in [0.717, 1.165) is 12.0 Å². The van der Waals surface area contributed by atoms with Crippen LogP contribution in [0.2, 0.25) is 0 Å². The quantitative estimate of drug-likeness (QED) is 0.845. The van der Waals surface area contributed by atoms with E-state index in [1.54, 1.807) is 6.07 Å². The molecule has 1 fully saturated rings. The van der Waals surface area contributed by atoms with Crippen molar-refractivity contribution < 1.29 is 12.8 Å². The van der Waals surface area contributed by atoms with Gasteiger partial charge >= 0.3 is 0 Å². The van der Waals surface area contributed by atoms with Gasteiger partial charge in [-0.2, -0.15) is 0 Å². The maximum atomic E-state index is 13.8. The fourth-order valence-corrected chi connectivity index (χ4v) is 3.42. The van der Waals surface area contributed by atoms with Gasteiger partial charge in [-0.1, -0.05) is 26.8 Å². The molecule has 1 aliphatic carbocycles. The molecule has 112 valence electrons. The Morgan fingerprint density at radius 3 is 2.60 bits per heavy atom. The number of halogens is 1. The van der Waals surface area contributed by atoms with Crippen molar-refractivity contribution in [2.45, 2.75) is 50.7 Å². The second-order valence-electron chi connectivity index (χ2n) is 5.74. The summed E-state index contributed by atoms with van der Waals surface area (Å²) in [4.78, 5) is -0.264. The van der Waals surface area contributed by atoms with Crippen LogP contribution in [0.3, 0.4) is 0 Å². The van der Waals surface area contributed by atoms with Crippen molar-refractivity contribution in [3.63, 3.8) is 0 Å². The molecule has 6 heteroatoms. The van der Waals surface area contributed by atoms with Crippen LogP contribution in [0.25, 0.3) is 0 Å². The highest BCUT2D eigenvalue weighted by molar-refractivity contribution is 7.89. The summed E-state index contributed by atoms with van der Waals surface area (Å²) < 4.78 is 40.7. The monoisotopic (exact) mass is 300 g/mol. The van der Waals surface area contributed by atoms with Crippen LogP contribution in [-0.2, 0) is 16.6 Å². The highest BCUT2D eigenvalue weighted by Gasteiger charge is 2.37. The molecule has 2 atom stereocenters. The van der Waals surface area contributed by atoms with Gasteiger partial charge in [0.15, 0.2) is 0 Å². The number of hydrogen-bond acceptors (Lipinski definition) is 3. The molecule has 0 spiro atoms. The summed E-state index contributed by atoms with van der Waals surface area (Å²) in [6.45, 7) is 6.47. The lowest BCUT2D eigenvalue weighted by molar-refractivity contribution is 0.551. The fraction of sp³-hybridized carbons (Fsp3) is 0.571. The molecule has 0 aromatic heterocycles. The van der Waals surface area contributed by atoms with Gasteiger partial charge in [0, 0.05) is 18.6 Å². The average molecular weight is 300 g/mol. The standard InChI is InChI=1S/C14H21FN2O2S/c1-9(2)16-8-11-4-5-12(15)14(7-11)20(18,19)17-13-6-10(13)3/h4-5,7,9-10,13,16-17H,6,8H2,1-3H3. The van der Waals surface area contributed by atoms with Crippen LogP contribution in [0.5, 0.6) is 0 Å². The zero-order valence-corrected chi connectivity index (χ0v) is 12.8. The summed E-state index contributed by atoms with van der Waals surface area (Å²) in [5.41, 5.74) is 0.754. The molecule has 2 rings (SSSR count). The molecule has 0 aliphatic heterocycles. The van der Waals surface area contributed by atoms with E-state index in [1.165, 1.54) is 12.1 Å². The van der Waals surface area contributed by atoms with Gasteiger partial charge in [-0.25, -0.2) is 17.5 Å². The van der Waals surface area contributed by atoms with Gasteiger partial charge < -0.3 is 5.32 Å². The Hall–Kier alpha value is -0.980. The van der Waals surface area contributed by atoms with E-state index in [9.17, 15) is 12.8 Å². The van der Waals surface area contributed by atoms with E-state index >= 15 is 0 Å². The van der Waals surface area contributed by atoms with Gasteiger partial charge in [0.1, 0.15) is 10.7 Å². The first-order chi connectivity index (χ1) is 9.29. The number of benzene rings is 1. The second-order valence-corrected chi connectivity index (χ2v) is 7.42. The topological polar surface area (TPSA) is 58.2 Å². The Morgan fingerprint density at radius 2 is 2.05 bits per heavy atom. The zero-order chi connectivity index (χ0) is 14.9.